The number of hydrogen-bond acceptors (Lipinski definition) is 3. The zero-order chi connectivity index (χ0) is 23.9. The van der Waals surface area contributed by atoms with E-state index in [9.17, 15) is 0 Å². The molecule has 2 heterocycles. The van der Waals surface area contributed by atoms with Crippen molar-refractivity contribution < 1.29 is 24.2 Å². The fraction of sp³-hybridized carbons (Fsp3) is 0.400. The van der Waals surface area contributed by atoms with E-state index in [0.717, 1.165) is 11.3 Å². The molecule has 3 nitrogen and oxygen atoms in total. The number of nitrogens with zero attached hydrogens (tertiary/aromatic N) is 2. The second-order valence-corrected chi connectivity index (χ2v) is 10.7. The minimum atomic E-state index is -0.0729. The van der Waals surface area contributed by atoms with E-state index in [1.165, 1.54) is 45.0 Å². The first kappa shape index (κ1) is 24.8. The van der Waals surface area contributed by atoms with E-state index >= 15 is 0 Å². The van der Waals surface area contributed by atoms with Gasteiger partial charge in [-0.15, -0.1) is 11.1 Å². The van der Waals surface area contributed by atoms with Crippen LogP contribution in [0.1, 0.15) is 62.4 Å². The van der Waals surface area contributed by atoms with Crippen LogP contribution in [0, 0.1) is 26.8 Å². The van der Waals surface area contributed by atoms with Crippen molar-refractivity contribution >= 4 is 22.7 Å². The summed E-state index contributed by atoms with van der Waals surface area (Å²) in [5, 5.41) is 0. The summed E-state index contributed by atoms with van der Waals surface area (Å²) in [6.45, 7) is 18.5. The van der Waals surface area contributed by atoms with Gasteiger partial charge < -0.3 is 14.5 Å². The molecule has 3 aromatic carbocycles. The van der Waals surface area contributed by atoms with Gasteiger partial charge in [0.25, 0.3) is 0 Å². The monoisotopic (exact) mass is 541 g/mol. The van der Waals surface area contributed by atoms with E-state index in [-0.39, 0.29) is 36.5 Å². The van der Waals surface area contributed by atoms with Gasteiger partial charge in [-0.2, -0.15) is 17.7 Å². The molecule has 3 aromatic rings. The van der Waals surface area contributed by atoms with E-state index in [1.54, 1.807) is 7.11 Å². The predicted molar refractivity (Wildman–Crippen MR) is 139 cm³/mol. The third-order valence-corrected chi connectivity index (χ3v) is 8.75. The van der Waals surface area contributed by atoms with E-state index < -0.39 is 0 Å². The molecule has 0 aromatic heterocycles. The minimum absolute atomic E-state index is 0. The maximum Gasteiger partial charge on any atom is 1.00 e. The largest absolute Gasteiger partial charge is 1.00 e. The molecule has 0 spiro atoms. The Hall–Kier alpha value is -2.32. The third-order valence-electron chi connectivity index (χ3n) is 8.75. The third kappa shape index (κ3) is 3.04. The van der Waals surface area contributed by atoms with Crippen LogP contribution in [0.4, 0.5) is 22.7 Å². The molecule has 4 heteroatoms. The van der Waals surface area contributed by atoms with E-state index in [1.807, 2.05) is 6.07 Å². The van der Waals surface area contributed by atoms with Crippen LogP contribution in [0.15, 0.2) is 42.5 Å². The number of methoxy groups -OCH3 is 1. The zero-order valence-corrected chi connectivity index (χ0v) is 23.5. The molecule has 2 aliphatic rings. The minimum Gasteiger partial charge on any atom is -0.496 e. The summed E-state index contributed by atoms with van der Waals surface area (Å²) in [4.78, 5) is 5.08. The van der Waals surface area contributed by atoms with Gasteiger partial charge in [0, 0.05) is 11.3 Å². The summed E-state index contributed by atoms with van der Waals surface area (Å²) in [5.41, 5.74) is 11.4. The second-order valence-electron chi connectivity index (χ2n) is 10.7. The van der Waals surface area contributed by atoms with Crippen molar-refractivity contribution in [2.75, 3.05) is 16.9 Å². The van der Waals surface area contributed by atoms with Crippen LogP contribution in [0.5, 0.6) is 5.75 Å². The van der Waals surface area contributed by atoms with Crippen molar-refractivity contribution in [2.24, 2.45) is 0 Å². The summed E-state index contributed by atoms with van der Waals surface area (Å²) in [6, 6.07) is 19.0. The Kier molecular flexibility index (Phi) is 5.93. The van der Waals surface area contributed by atoms with Crippen molar-refractivity contribution in [1.82, 2.24) is 0 Å². The summed E-state index contributed by atoms with van der Waals surface area (Å²) < 4.78 is 5.68. The van der Waals surface area contributed by atoms with Crippen molar-refractivity contribution in [3.8, 4) is 5.75 Å². The first-order valence-corrected chi connectivity index (χ1v) is 11.9. The van der Waals surface area contributed by atoms with Gasteiger partial charge in [0.15, 0.2) is 0 Å². The molecule has 0 fully saturated rings. The van der Waals surface area contributed by atoms with Crippen molar-refractivity contribution in [1.29, 1.82) is 0 Å². The normalized spacial score (nSPS) is 19.1. The fourth-order valence-corrected chi connectivity index (χ4v) is 5.90. The molecular weight excluding hydrogens is 505 g/mol. The van der Waals surface area contributed by atoms with E-state index in [4.69, 9.17) is 4.74 Å². The molecule has 0 saturated carbocycles. The molecule has 0 bridgehead atoms. The van der Waals surface area contributed by atoms with Gasteiger partial charge in [-0.05, 0) is 48.4 Å². The van der Waals surface area contributed by atoms with Crippen LogP contribution in [0.3, 0.4) is 0 Å². The number of rotatable bonds is 2. The molecule has 0 N–H and O–H groups in total. The topological polar surface area (TPSA) is 15.7 Å². The Bertz CT molecular complexity index is 1280. The van der Waals surface area contributed by atoms with Crippen molar-refractivity contribution in [3.63, 3.8) is 0 Å². The Morgan fingerprint density at radius 3 is 2.09 bits per heavy atom. The number of fused-ring (bicyclic) bond motifs is 2. The van der Waals surface area contributed by atoms with Crippen LogP contribution >= 0.6 is 0 Å². The van der Waals surface area contributed by atoms with Gasteiger partial charge >= 0.3 is 19.5 Å². The first-order valence-electron chi connectivity index (χ1n) is 11.9. The summed E-state index contributed by atoms with van der Waals surface area (Å²) in [5.74, 6) is 0.923. The average molecular weight is 541 g/mol. The quantitative estimate of drug-likeness (QED) is 0.246. The SMILES string of the molecule is COc1cccc(N2c3cccc4c3N(c3c(c[c-]c(C)c3C)C(C)(C)C4(C)C)[C@@H]2C)c1C.[Ru+]. The smallest absolute Gasteiger partial charge is 0.496 e. The molecule has 0 unspecified atom stereocenters. The Morgan fingerprint density at radius 1 is 0.794 bits per heavy atom. The molecule has 0 amide bonds. The van der Waals surface area contributed by atoms with Crippen molar-refractivity contribution in [2.45, 2.75) is 72.4 Å². The number of anilines is 4. The maximum atomic E-state index is 5.68. The number of ether oxygens (including phenoxy) is 1. The molecule has 0 saturated heterocycles. The second kappa shape index (κ2) is 8.13. The summed E-state index contributed by atoms with van der Waals surface area (Å²) in [6.07, 6.45) is 0.121. The standard InChI is InChI=1S/C30H35N2O.Ru/c1-18-16-17-23-27(19(18)2)32-21(4)31(24-13-11-15-26(33-9)20(24)3)25-14-10-12-22(28(25)32)29(5,6)30(23,7)8;/h10-15,17,21H,1-9H3;/q-1;+1/t21-;/m1./s1. The Balaban J connectivity index is 0.00000274. The van der Waals surface area contributed by atoms with Gasteiger partial charge in [-0.1, -0.05) is 65.4 Å². The van der Waals surface area contributed by atoms with Crippen LogP contribution in [-0.4, -0.2) is 13.3 Å². The molecule has 34 heavy (non-hydrogen) atoms. The van der Waals surface area contributed by atoms with Crippen LogP contribution in [-0.2, 0) is 30.3 Å². The molecule has 5 rings (SSSR count). The zero-order valence-electron chi connectivity index (χ0n) is 21.8. The molecule has 1 atom stereocenters. The number of para-hydroxylation sites is 1. The van der Waals surface area contributed by atoms with Crippen molar-refractivity contribution in [3.05, 3.63) is 76.3 Å². The van der Waals surface area contributed by atoms with Crippen LogP contribution in [0.2, 0.25) is 0 Å². The Morgan fingerprint density at radius 2 is 1.41 bits per heavy atom. The molecular formula is C30H35N2ORu. The Labute approximate surface area is 217 Å². The van der Waals surface area contributed by atoms with Crippen LogP contribution < -0.4 is 14.5 Å². The van der Waals surface area contributed by atoms with Gasteiger partial charge in [0.2, 0.25) is 0 Å². The van der Waals surface area contributed by atoms with Crippen LogP contribution in [0.25, 0.3) is 0 Å². The maximum absolute atomic E-state index is 5.68. The number of benzene rings is 3. The molecule has 0 aliphatic carbocycles. The van der Waals surface area contributed by atoms with Gasteiger partial charge in [-0.25, -0.2) is 0 Å². The van der Waals surface area contributed by atoms with Gasteiger partial charge in [0.1, 0.15) is 11.9 Å². The van der Waals surface area contributed by atoms with E-state index in [2.05, 4.69) is 108 Å². The fourth-order valence-electron chi connectivity index (χ4n) is 5.90. The van der Waals surface area contributed by atoms with Gasteiger partial charge in [0.05, 0.1) is 18.5 Å². The first-order chi connectivity index (χ1) is 15.5. The molecule has 1 radical (unpaired) electrons. The number of aryl methyl sites for hydroxylation is 1. The van der Waals surface area contributed by atoms with E-state index in [0.29, 0.717) is 0 Å². The van der Waals surface area contributed by atoms with Gasteiger partial charge in [-0.3, -0.25) is 0 Å². The molecule has 179 valence electrons. The predicted octanol–water partition coefficient (Wildman–Crippen LogP) is 7.62. The molecule has 2 aliphatic heterocycles. The summed E-state index contributed by atoms with van der Waals surface area (Å²) >= 11 is 0. The average Bonchev–Trinajstić information content (AvgIpc) is 3.04. The summed E-state index contributed by atoms with van der Waals surface area (Å²) in [7, 11) is 1.75. The number of hydrogen-bond donors (Lipinski definition) is 0.